The second-order valence-electron chi connectivity index (χ2n) is 6.25. The first-order valence-corrected chi connectivity index (χ1v) is 9.72. The van der Waals surface area contributed by atoms with Crippen LogP contribution in [0.2, 0.25) is 0 Å². The number of ether oxygens (including phenoxy) is 1. The molecular formula is C21H12F3N3O3S. The zero-order chi connectivity index (χ0) is 22.0. The molecule has 2 aromatic carbocycles. The zero-order valence-corrected chi connectivity index (χ0v) is 16.4. The van der Waals surface area contributed by atoms with Crippen molar-refractivity contribution < 1.29 is 27.5 Å². The van der Waals surface area contributed by atoms with Gasteiger partial charge in [0.2, 0.25) is 5.78 Å². The van der Waals surface area contributed by atoms with Crippen LogP contribution in [-0.4, -0.2) is 33.1 Å². The van der Waals surface area contributed by atoms with Gasteiger partial charge in [-0.25, -0.2) is 22.6 Å². The number of carbonyl (C=O) groups excluding carboxylic acids is 2. The fraction of sp³-hybridized carbons (Fsp3) is 0.0476. The third-order valence-corrected chi connectivity index (χ3v) is 5.03. The number of hydrogen-bond donors (Lipinski definition) is 0. The number of halogens is 3. The lowest BCUT2D eigenvalue weighted by atomic mass is 10.1. The number of Topliss-reactive ketones (excluding diaryl/α,β-unsaturated/α-hetero) is 1. The summed E-state index contributed by atoms with van der Waals surface area (Å²) >= 11 is 1.35. The highest BCUT2D eigenvalue weighted by Crippen LogP contribution is 2.26. The molecule has 10 heteroatoms. The van der Waals surface area contributed by atoms with Crippen LogP contribution >= 0.6 is 11.3 Å². The minimum absolute atomic E-state index is 0.316. The van der Waals surface area contributed by atoms with Crippen molar-refractivity contribution in [3.8, 4) is 16.4 Å². The number of carbonyl (C=O) groups is 2. The Morgan fingerprint density at radius 1 is 1.00 bits per heavy atom. The average Bonchev–Trinajstić information content (AvgIpc) is 3.44. The molecule has 0 radical (unpaired) electrons. The van der Waals surface area contributed by atoms with Crippen molar-refractivity contribution >= 4 is 23.1 Å². The fourth-order valence-electron chi connectivity index (χ4n) is 2.71. The van der Waals surface area contributed by atoms with E-state index >= 15 is 0 Å². The Morgan fingerprint density at radius 2 is 1.74 bits per heavy atom. The lowest BCUT2D eigenvalue weighted by Gasteiger charge is -2.04. The topological polar surface area (TPSA) is 74.1 Å². The standard InChI is InChI=1S/C21H12F3N3O3S/c22-12-3-6-14(7-4-12)27-20(18-2-1-9-31-18)25-19(26-27)21(29)30-11-17(28)15-10-13(23)5-8-16(15)24/h1-10H,11H2. The zero-order valence-electron chi connectivity index (χ0n) is 15.6. The maximum atomic E-state index is 13.7. The molecule has 156 valence electrons. The predicted molar refractivity (Wildman–Crippen MR) is 106 cm³/mol. The molecule has 2 heterocycles. The van der Waals surface area contributed by atoms with Crippen molar-refractivity contribution in [3.63, 3.8) is 0 Å². The van der Waals surface area contributed by atoms with Crippen LogP contribution < -0.4 is 0 Å². The summed E-state index contributed by atoms with van der Waals surface area (Å²) in [6.07, 6.45) is 0. The summed E-state index contributed by atoms with van der Waals surface area (Å²) < 4.78 is 46.5. The Morgan fingerprint density at radius 3 is 2.45 bits per heavy atom. The average molecular weight is 443 g/mol. The van der Waals surface area contributed by atoms with Crippen LogP contribution in [0.1, 0.15) is 21.0 Å². The molecule has 4 rings (SSSR count). The van der Waals surface area contributed by atoms with E-state index in [9.17, 15) is 22.8 Å². The van der Waals surface area contributed by atoms with Crippen molar-refractivity contribution in [2.75, 3.05) is 6.61 Å². The van der Waals surface area contributed by atoms with Crippen LogP contribution in [0, 0.1) is 17.5 Å². The number of ketones is 1. The largest absolute Gasteiger partial charge is 0.451 e. The lowest BCUT2D eigenvalue weighted by Crippen LogP contribution is -2.16. The summed E-state index contributed by atoms with van der Waals surface area (Å²) in [5, 5.41) is 5.93. The molecule has 0 amide bonds. The Balaban J connectivity index is 1.58. The first-order valence-electron chi connectivity index (χ1n) is 8.84. The van der Waals surface area contributed by atoms with E-state index in [0.29, 0.717) is 16.4 Å². The van der Waals surface area contributed by atoms with Crippen molar-refractivity contribution in [1.82, 2.24) is 14.8 Å². The summed E-state index contributed by atoms with van der Waals surface area (Å²) in [6, 6.07) is 11.4. The van der Waals surface area contributed by atoms with Crippen molar-refractivity contribution in [2.24, 2.45) is 0 Å². The molecule has 0 bridgehead atoms. The second-order valence-corrected chi connectivity index (χ2v) is 7.20. The number of nitrogens with zero attached hydrogens (tertiary/aromatic N) is 3. The molecule has 0 saturated carbocycles. The molecule has 0 fully saturated rings. The van der Waals surface area contributed by atoms with Crippen LogP contribution in [0.4, 0.5) is 13.2 Å². The molecule has 0 aliphatic carbocycles. The highest BCUT2D eigenvalue weighted by atomic mass is 32.1. The number of rotatable bonds is 6. The molecule has 0 unspecified atom stereocenters. The second kappa shape index (κ2) is 8.52. The Labute approximate surface area is 177 Å². The lowest BCUT2D eigenvalue weighted by molar-refractivity contribution is 0.0461. The Hall–Kier alpha value is -3.79. The monoisotopic (exact) mass is 443 g/mol. The van der Waals surface area contributed by atoms with Gasteiger partial charge in [-0.05, 0) is 53.9 Å². The molecule has 0 saturated heterocycles. The van der Waals surface area contributed by atoms with Gasteiger partial charge in [0.15, 0.2) is 12.4 Å². The number of benzene rings is 2. The summed E-state index contributed by atoms with van der Waals surface area (Å²) in [6.45, 7) is -0.821. The third-order valence-electron chi connectivity index (χ3n) is 4.17. The first-order chi connectivity index (χ1) is 14.9. The Bertz CT molecular complexity index is 1250. The highest BCUT2D eigenvalue weighted by molar-refractivity contribution is 7.13. The van der Waals surface area contributed by atoms with Gasteiger partial charge in [0.05, 0.1) is 16.1 Å². The third kappa shape index (κ3) is 4.38. The number of aromatic nitrogens is 3. The quantitative estimate of drug-likeness (QED) is 0.325. The number of esters is 1. The van der Waals surface area contributed by atoms with Crippen LogP contribution in [0.5, 0.6) is 0 Å². The Kier molecular flexibility index (Phi) is 5.63. The van der Waals surface area contributed by atoms with Gasteiger partial charge in [-0.1, -0.05) is 6.07 Å². The predicted octanol–water partition coefficient (Wildman–Crippen LogP) is 4.45. The van der Waals surface area contributed by atoms with Gasteiger partial charge in [-0.2, -0.15) is 4.98 Å². The minimum atomic E-state index is -1.02. The van der Waals surface area contributed by atoms with Crippen molar-refractivity contribution in [3.05, 3.63) is 88.8 Å². The van der Waals surface area contributed by atoms with Crippen LogP contribution in [0.3, 0.4) is 0 Å². The number of thiophene rings is 1. The van der Waals surface area contributed by atoms with E-state index in [4.69, 9.17) is 4.74 Å². The van der Waals surface area contributed by atoms with Gasteiger partial charge in [-0.3, -0.25) is 4.79 Å². The maximum absolute atomic E-state index is 13.7. The maximum Gasteiger partial charge on any atom is 0.378 e. The normalized spacial score (nSPS) is 10.8. The van der Waals surface area contributed by atoms with Crippen LogP contribution in [0.15, 0.2) is 60.0 Å². The first kappa shape index (κ1) is 20.5. The van der Waals surface area contributed by atoms with Crippen molar-refractivity contribution in [1.29, 1.82) is 0 Å². The van der Waals surface area contributed by atoms with E-state index in [0.717, 1.165) is 18.2 Å². The van der Waals surface area contributed by atoms with Crippen molar-refractivity contribution in [2.45, 2.75) is 0 Å². The molecule has 31 heavy (non-hydrogen) atoms. The molecule has 0 aliphatic rings. The molecule has 0 atom stereocenters. The van der Waals surface area contributed by atoms with E-state index in [1.165, 1.54) is 40.3 Å². The molecule has 2 aromatic heterocycles. The molecule has 4 aromatic rings. The molecule has 6 nitrogen and oxygen atoms in total. The van der Waals surface area contributed by atoms with Crippen LogP contribution in [0.25, 0.3) is 16.4 Å². The van der Waals surface area contributed by atoms with E-state index in [1.54, 1.807) is 12.1 Å². The molecular weight excluding hydrogens is 431 g/mol. The summed E-state index contributed by atoms with van der Waals surface area (Å²) in [5.41, 5.74) is -0.0777. The van der Waals surface area contributed by atoms with E-state index in [-0.39, 0.29) is 5.82 Å². The summed E-state index contributed by atoms with van der Waals surface area (Å²) in [4.78, 5) is 29.4. The van der Waals surface area contributed by atoms with Gasteiger partial charge in [0.25, 0.3) is 5.82 Å². The van der Waals surface area contributed by atoms with E-state index in [2.05, 4.69) is 10.1 Å². The van der Waals surface area contributed by atoms with Crippen LogP contribution in [-0.2, 0) is 4.74 Å². The fourth-order valence-corrected chi connectivity index (χ4v) is 3.41. The minimum Gasteiger partial charge on any atom is -0.451 e. The van der Waals surface area contributed by atoms with E-state index < -0.39 is 41.4 Å². The summed E-state index contributed by atoms with van der Waals surface area (Å²) in [7, 11) is 0. The van der Waals surface area contributed by atoms with Gasteiger partial charge < -0.3 is 4.74 Å². The molecule has 0 N–H and O–H groups in total. The highest BCUT2D eigenvalue weighted by Gasteiger charge is 2.22. The van der Waals surface area contributed by atoms with Gasteiger partial charge in [0.1, 0.15) is 17.5 Å². The van der Waals surface area contributed by atoms with Gasteiger partial charge in [0, 0.05) is 0 Å². The van der Waals surface area contributed by atoms with Gasteiger partial charge >= 0.3 is 5.97 Å². The number of hydrogen-bond acceptors (Lipinski definition) is 6. The molecule has 0 spiro atoms. The molecule has 0 aliphatic heterocycles. The smallest absolute Gasteiger partial charge is 0.378 e. The SMILES string of the molecule is O=C(OCC(=O)c1cc(F)ccc1F)c1nc(-c2cccs2)n(-c2ccc(F)cc2)n1. The van der Waals surface area contributed by atoms with E-state index in [1.807, 2.05) is 5.38 Å². The summed E-state index contributed by atoms with van der Waals surface area (Å²) in [5.74, 6) is -4.14. The van der Waals surface area contributed by atoms with Gasteiger partial charge in [-0.15, -0.1) is 16.4 Å².